The molecule has 0 heterocycles. The van der Waals surface area contributed by atoms with Gasteiger partial charge in [0.2, 0.25) is 0 Å². The van der Waals surface area contributed by atoms with E-state index < -0.39 is 0 Å². The predicted molar refractivity (Wildman–Crippen MR) is 68.8 cm³/mol. The smallest absolute Gasteiger partial charge is 0.306 e. The standard InChI is InChI=1S/C12H24O3S/c1-10(9-16-7-6-14-5)8-11(13)15-12(2,3)4/h10H,6-9H2,1-5H3/t10-/m0/s1. The molecular formula is C12H24O3S. The molecular weight excluding hydrogens is 224 g/mol. The lowest BCUT2D eigenvalue weighted by Gasteiger charge is -2.20. The molecule has 0 amide bonds. The predicted octanol–water partition coefficient (Wildman–Crippen LogP) is 2.73. The molecule has 3 nitrogen and oxygen atoms in total. The molecule has 1 atom stereocenters. The van der Waals surface area contributed by atoms with Crippen LogP contribution >= 0.6 is 11.8 Å². The van der Waals surface area contributed by atoms with E-state index in [1.54, 1.807) is 7.11 Å². The van der Waals surface area contributed by atoms with Gasteiger partial charge in [-0.3, -0.25) is 4.79 Å². The minimum Gasteiger partial charge on any atom is -0.460 e. The van der Waals surface area contributed by atoms with Crippen LogP contribution in [-0.2, 0) is 14.3 Å². The Balaban J connectivity index is 3.62. The summed E-state index contributed by atoms with van der Waals surface area (Å²) in [5.74, 6) is 2.21. The number of hydrogen-bond donors (Lipinski definition) is 0. The summed E-state index contributed by atoms with van der Waals surface area (Å²) < 4.78 is 10.2. The van der Waals surface area contributed by atoms with Crippen LogP contribution in [0.15, 0.2) is 0 Å². The maximum Gasteiger partial charge on any atom is 0.306 e. The molecule has 4 heteroatoms. The Morgan fingerprint density at radius 3 is 2.50 bits per heavy atom. The van der Waals surface area contributed by atoms with Crippen LogP contribution < -0.4 is 0 Å². The molecule has 0 aliphatic carbocycles. The summed E-state index contributed by atoms with van der Waals surface area (Å²) in [7, 11) is 1.70. The van der Waals surface area contributed by atoms with Gasteiger partial charge in [-0.2, -0.15) is 11.8 Å². The zero-order chi connectivity index (χ0) is 12.6. The number of thioether (sulfide) groups is 1. The summed E-state index contributed by atoms with van der Waals surface area (Å²) in [6.07, 6.45) is 0.497. The van der Waals surface area contributed by atoms with Crippen molar-refractivity contribution in [2.45, 2.75) is 39.7 Å². The van der Waals surface area contributed by atoms with Gasteiger partial charge in [-0.15, -0.1) is 0 Å². The van der Waals surface area contributed by atoms with Crippen LogP contribution in [0.3, 0.4) is 0 Å². The van der Waals surface area contributed by atoms with Gasteiger partial charge >= 0.3 is 5.97 Å². The lowest BCUT2D eigenvalue weighted by atomic mass is 10.1. The Kier molecular flexibility index (Phi) is 7.85. The Morgan fingerprint density at radius 2 is 2.00 bits per heavy atom. The van der Waals surface area contributed by atoms with Crippen molar-refractivity contribution in [1.29, 1.82) is 0 Å². The quantitative estimate of drug-likeness (QED) is 0.512. The number of esters is 1. The first-order valence-electron chi connectivity index (χ1n) is 5.63. The van der Waals surface area contributed by atoms with Crippen molar-refractivity contribution < 1.29 is 14.3 Å². The van der Waals surface area contributed by atoms with Crippen LogP contribution in [0, 0.1) is 5.92 Å². The molecule has 0 aromatic rings. The van der Waals surface area contributed by atoms with Gasteiger partial charge in [-0.25, -0.2) is 0 Å². The van der Waals surface area contributed by atoms with Crippen molar-refractivity contribution in [3.05, 3.63) is 0 Å². The zero-order valence-corrected chi connectivity index (χ0v) is 11.9. The average molecular weight is 248 g/mol. The highest BCUT2D eigenvalue weighted by Gasteiger charge is 2.18. The third-order valence-corrected chi connectivity index (χ3v) is 3.03. The number of methoxy groups -OCH3 is 1. The fourth-order valence-corrected chi connectivity index (χ4v) is 2.12. The first-order valence-corrected chi connectivity index (χ1v) is 6.79. The van der Waals surface area contributed by atoms with E-state index in [0.29, 0.717) is 12.3 Å². The summed E-state index contributed by atoms with van der Waals surface area (Å²) >= 11 is 1.81. The maximum absolute atomic E-state index is 11.5. The molecule has 0 aromatic carbocycles. The second-order valence-electron chi connectivity index (χ2n) is 4.96. The molecule has 0 unspecified atom stereocenters. The Bertz CT molecular complexity index is 199. The number of ether oxygens (including phenoxy) is 2. The second-order valence-corrected chi connectivity index (χ2v) is 6.11. The summed E-state index contributed by atoms with van der Waals surface area (Å²) in [4.78, 5) is 11.5. The van der Waals surface area contributed by atoms with Gasteiger partial charge in [0.15, 0.2) is 0 Å². The fraction of sp³-hybridized carbons (Fsp3) is 0.917. The van der Waals surface area contributed by atoms with Crippen molar-refractivity contribution >= 4 is 17.7 Å². The maximum atomic E-state index is 11.5. The topological polar surface area (TPSA) is 35.5 Å². The molecule has 96 valence electrons. The third kappa shape index (κ3) is 10.3. The molecule has 0 aromatic heterocycles. The molecule has 0 fully saturated rings. The molecule has 0 saturated heterocycles. The first-order chi connectivity index (χ1) is 7.35. The van der Waals surface area contributed by atoms with Crippen molar-refractivity contribution in [2.24, 2.45) is 5.92 Å². The van der Waals surface area contributed by atoms with Gasteiger partial charge < -0.3 is 9.47 Å². The normalized spacial score (nSPS) is 13.6. The number of hydrogen-bond acceptors (Lipinski definition) is 4. The lowest BCUT2D eigenvalue weighted by molar-refractivity contribution is -0.155. The van der Waals surface area contributed by atoms with Crippen LogP contribution in [0.4, 0.5) is 0 Å². The molecule has 0 rings (SSSR count). The highest BCUT2D eigenvalue weighted by Crippen LogP contribution is 2.15. The van der Waals surface area contributed by atoms with E-state index in [1.165, 1.54) is 0 Å². The SMILES string of the molecule is COCCSC[C@@H](C)CC(=O)OC(C)(C)C. The molecule has 0 aliphatic rings. The van der Waals surface area contributed by atoms with Crippen molar-refractivity contribution in [2.75, 3.05) is 25.2 Å². The van der Waals surface area contributed by atoms with Crippen LogP contribution in [0.1, 0.15) is 34.1 Å². The van der Waals surface area contributed by atoms with E-state index in [-0.39, 0.29) is 11.6 Å². The van der Waals surface area contributed by atoms with Crippen molar-refractivity contribution in [1.82, 2.24) is 0 Å². The van der Waals surface area contributed by atoms with E-state index in [9.17, 15) is 4.79 Å². The van der Waals surface area contributed by atoms with E-state index in [2.05, 4.69) is 6.92 Å². The summed E-state index contributed by atoms with van der Waals surface area (Å²) in [5.41, 5.74) is -0.375. The summed E-state index contributed by atoms with van der Waals surface area (Å²) in [6, 6.07) is 0. The molecule has 0 saturated carbocycles. The Hall–Kier alpha value is -0.220. The van der Waals surface area contributed by atoms with Crippen molar-refractivity contribution in [3.63, 3.8) is 0 Å². The van der Waals surface area contributed by atoms with Gasteiger partial charge in [-0.05, 0) is 32.4 Å². The average Bonchev–Trinajstić information content (AvgIpc) is 2.09. The van der Waals surface area contributed by atoms with Crippen LogP contribution in [0.5, 0.6) is 0 Å². The molecule has 0 bridgehead atoms. The Labute approximate surface area is 103 Å². The Morgan fingerprint density at radius 1 is 1.38 bits per heavy atom. The lowest BCUT2D eigenvalue weighted by Crippen LogP contribution is -2.25. The van der Waals surface area contributed by atoms with E-state index in [1.807, 2.05) is 32.5 Å². The molecule has 0 radical (unpaired) electrons. The molecule has 0 spiro atoms. The molecule has 0 N–H and O–H groups in total. The molecule has 16 heavy (non-hydrogen) atoms. The minimum absolute atomic E-state index is 0.104. The highest BCUT2D eigenvalue weighted by molar-refractivity contribution is 7.99. The summed E-state index contributed by atoms with van der Waals surface area (Å²) in [5, 5.41) is 0. The second kappa shape index (κ2) is 7.96. The minimum atomic E-state index is -0.375. The van der Waals surface area contributed by atoms with Crippen LogP contribution in [0.2, 0.25) is 0 Å². The largest absolute Gasteiger partial charge is 0.460 e. The van der Waals surface area contributed by atoms with Gasteiger partial charge in [0.1, 0.15) is 5.60 Å². The van der Waals surface area contributed by atoms with E-state index >= 15 is 0 Å². The fourth-order valence-electron chi connectivity index (χ4n) is 1.15. The van der Waals surface area contributed by atoms with Crippen molar-refractivity contribution in [3.8, 4) is 0 Å². The third-order valence-electron chi connectivity index (χ3n) is 1.77. The van der Waals surface area contributed by atoms with Gasteiger partial charge in [-0.1, -0.05) is 6.92 Å². The number of rotatable bonds is 7. The van der Waals surface area contributed by atoms with Crippen LogP contribution in [-0.4, -0.2) is 36.8 Å². The monoisotopic (exact) mass is 248 g/mol. The van der Waals surface area contributed by atoms with Gasteiger partial charge in [0, 0.05) is 19.3 Å². The van der Waals surface area contributed by atoms with Crippen LogP contribution in [0.25, 0.3) is 0 Å². The van der Waals surface area contributed by atoms with Gasteiger partial charge in [0.05, 0.1) is 6.61 Å². The number of carbonyl (C=O) groups is 1. The van der Waals surface area contributed by atoms with E-state index in [0.717, 1.165) is 18.1 Å². The first kappa shape index (κ1) is 15.8. The molecule has 0 aliphatic heterocycles. The zero-order valence-electron chi connectivity index (χ0n) is 11.0. The number of carbonyl (C=O) groups excluding carboxylic acids is 1. The highest BCUT2D eigenvalue weighted by atomic mass is 32.2. The van der Waals surface area contributed by atoms with Gasteiger partial charge in [0.25, 0.3) is 0 Å². The van der Waals surface area contributed by atoms with E-state index in [4.69, 9.17) is 9.47 Å². The summed E-state index contributed by atoms with van der Waals surface area (Å²) in [6.45, 7) is 8.52.